The standard InChI is InChI=1S/C15H19N3O/c1-8-7-13(19-5)10(3)11(4)14(8)12-6-9(2)15(16)18-17-12/h6-7H,1-5H3,(H2,16,18). The Morgan fingerprint density at radius 3 is 2.21 bits per heavy atom. The van der Waals surface area contributed by atoms with E-state index in [1.165, 1.54) is 0 Å². The van der Waals surface area contributed by atoms with E-state index in [9.17, 15) is 0 Å². The van der Waals surface area contributed by atoms with Gasteiger partial charge in [0.1, 0.15) is 11.6 Å². The molecule has 0 unspecified atom stereocenters. The van der Waals surface area contributed by atoms with E-state index in [0.29, 0.717) is 5.82 Å². The number of nitrogens with zero attached hydrogens (tertiary/aromatic N) is 2. The minimum atomic E-state index is 0.476. The Labute approximate surface area is 113 Å². The molecule has 2 N–H and O–H groups in total. The first-order valence-corrected chi connectivity index (χ1v) is 6.20. The van der Waals surface area contributed by atoms with Crippen molar-refractivity contribution in [2.24, 2.45) is 0 Å². The summed E-state index contributed by atoms with van der Waals surface area (Å²) in [6, 6.07) is 4.01. The summed E-state index contributed by atoms with van der Waals surface area (Å²) < 4.78 is 5.38. The highest BCUT2D eigenvalue weighted by Crippen LogP contribution is 2.33. The van der Waals surface area contributed by atoms with Crippen LogP contribution in [0.3, 0.4) is 0 Å². The highest BCUT2D eigenvalue weighted by Gasteiger charge is 2.14. The lowest BCUT2D eigenvalue weighted by Gasteiger charge is -2.15. The molecule has 19 heavy (non-hydrogen) atoms. The number of rotatable bonds is 2. The van der Waals surface area contributed by atoms with Gasteiger partial charge in [0.05, 0.1) is 12.8 Å². The summed E-state index contributed by atoms with van der Waals surface area (Å²) in [5.41, 5.74) is 12.0. The van der Waals surface area contributed by atoms with Crippen molar-refractivity contribution in [1.82, 2.24) is 10.2 Å². The molecule has 2 rings (SSSR count). The van der Waals surface area contributed by atoms with E-state index in [-0.39, 0.29) is 0 Å². The molecule has 0 saturated carbocycles. The number of nitrogen functional groups attached to an aromatic ring is 1. The molecule has 0 saturated heterocycles. The summed E-state index contributed by atoms with van der Waals surface area (Å²) >= 11 is 0. The number of aromatic nitrogens is 2. The highest BCUT2D eigenvalue weighted by molar-refractivity contribution is 5.71. The SMILES string of the molecule is COc1cc(C)c(-c2cc(C)c(N)nn2)c(C)c1C. The van der Waals surface area contributed by atoms with Gasteiger partial charge in [0, 0.05) is 5.56 Å². The maximum Gasteiger partial charge on any atom is 0.149 e. The molecule has 0 aliphatic carbocycles. The van der Waals surface area contributed by atoms with Gasteiger partial charge in [-0.25, -0.2) is 0 Å². The molecule has 1 aromatic heterocycles. The summed E-state index contributed by atoms with van der Waals surface area (Å²) in [5, 5.41) is 8.22. The van der Waals surface area contributed by atoms with E-state index >= 15 is 0 Å². The monoisotopic (exact) mass is 257 g/mol. The number of aryl methyl sites for hydroxylation is 2. The van der Waals surface area contributed by atoms with Gasteiger partial charge in [-0.3, -0.25) is 0 Å². The summed E-state index contributed by atoms with van der Waals surface area (Å²) in [7, 11) is 1.69. The number of methoxy groups -OCH3 is 1. The minimum Gasteiger partial charge on any atom is -0.496 e. The number of hydrogen-bond acceptors (Lipinski definition) is 4. The Bertz CT molecular complexity index is 636. The van der Waals surface area contributed by atoms with Gasteiger partial charge in [-0.1, -0.05) is 0 Å². The van der Waals surface area contributed by atoms with Crippen molar-refractivity contribution in [3.05, 3.63) is 34.4 Å². The molecule has 0 atom stereocenters. The van der Waals surface area contributed by atoms with Crippen LogP contribution in [0, 0.1) is 27.7 Å². The lowest BCUT2D eigenvalue weighted by molar-refractivity contribution is 0.411. The predicted octanol–water partition coefficient (Wildman–Crippen LogP) is 2.97. The molecule has 0 aliphatic heterocycles. The first kappa shape index (κ1) is 13.3. The van der Waals surface area contributed by atoms with E-state index < -0.39 is 0 Å². The van der Waals surface area contributed by atoms with Crippen LogP contribution < -0.4 is 10.5 Å². The third-order valence-corrected chi connectivity index (χ3v) is 3.55. The van der Waals surface area contributed by atoms with Gasteiger partial charge < -0.3 is 10.5 Å². The minimum absolute atomic E-state index is 0.476. The van der Waals surface area contributed by atoms with Crippen LogP contribution >= 0.6 is 0 Å². The predicted molar refractivity (Wildman–Crippen MR) is 77.4 cm³/mol. The lowest BCUT2D eigenvalue weighted by Crippen LogP contribution is -2.01. The van der Waals surface area contributed by atoms with Gasteiger partial charge in [-0.15, -0.1) is 10.2 Å². The van der Waals surface area contributed by atoms with Crippen molar-refractivity contribution in [3.63, 3.8) is 0 Å². The van der Waals surface area contributed by atoms with E-state index in [1.54, 1.807) is 7.11 Å². The fourth-order valence-corrected chi connectivity index (χ4v) is 2.27. The molecular weight excluding hydrogens is 238 g/mol. The third kappa shape index (κ3) is 2.26. The normalized spacial score (nSPS) is 10.6. The lowest BCUT2D eigenvalue weighted by atomic mass is 9.94. The molecule has 0 aliphatic rings. The second kappa shape index (κ2) is 4.88. The molecule has 0 fully saturated rings. The van der Waals surface area contributed by atoms with Crippen LogP contribution in [0.25, 0.3) is 11.3 Å². The zero-order valence-electron chi connectivity index (χ0n) is 12.0. The van der Waals surface area contributed by atoms with E-state index in [1.807, 2.05) is 19.1 Å². The van der Waals surface area contributed by atoms with Crippen LogP contribution in [0.5, 0.6) is 5.75 Å². The molecule has 0 radical (unpaired) electrons. The molecule has 100 valence electrons. The Balaban J connectivity index is 2.68. The topological polar surface area (TPSA) is 61.0 Å². The quantitative estimate of drug-likeness (QED) is 0.898. The van der Waals surface area contributed by atoms with E-state index in [4.69, 9.17) is 10.5 Å². The second-order valence-electron chi connectivity index (χ2n) is 4.82. The average Bonchev–Trinajstić information content (AvgIpc) is 2.38. The second-order valence-corrected chi connectivity index (χ2v) is 4.82. The molecule has 0 bridgehead atoms. The summed E-state index contributed by atoms with van der Waals surface area (Å²) in [6.45, 7) is 8.12. The van der Waals surface area contributed by atoms with Crippen LogP contribution in [0.1, 0.15) is 22.3 Å². The van der Waals surface area contributed by atoms with Crippen molar-refractivity contribution >= 4 is 5.82 Å². The largest absolute Gasteiger partial charge is 0.496 e. The van der Waals surface area contributed by atoms with Crippen molar-refractivity contribution in [2.75, 3.05) is 12.8 Å². The highest BCUT2D eigenvalue weighted by atomic mass is 16.5. The zero-order chi connectivity index (χ0) is 14.2. The van der Waals surface area contributed by atoms with Crippen LogP contribution in [-0.2, 0) is 0 Å². The fraction of sp³-hybridized carbons (Fsp3) is 0.333. The maximum atomic E-state index is 5.72. The number of anilines is 1. The third-order valence-electron chi connectivity index (χ3n) is 3.55. The van der Waals surface area contributed by atoms with Crippen molar-refractivity contribution in [1.29, 1.82) is 0 Å². The Morgan fingerprint density at radius 1 is 0.947 bits per heavy atom. The number of nitrogens with two attached hydrogens (primary N) is 1. The molecule has 1 heterocycles. The van der Waals surface area contributed by atoms with E-state index in [0.717, 1.165) is 39.3 Å². The molecule has 1 aromatic carbocycles. The maximum absolute atomic E-state index is 5.72. The van der Waals surface area contributed by atoms with Gasteiger partial charge in [0.15, 0.2) is 0 Å². The molecule has 4 nitrogen and oxygen atoms in total. The zero-order valence-corrected chi connectivity index (χ0v) is 12.0. The van der Waals surface area contributed by atoms with Crippen molar-refractivity contribution < 1.29 is 4.74 Å². The molecule has 0 amide bonds. The first-order chi connectivity index (χ1) is 8.95. The van der Waals surface area contributed by atoms with Gasteiger partial charge in [-0.2, -0.15) is 0 Å². The van der Waals surface area contributed by atoms with Crippen LogP contribution in [0.2, 0.25) is 0 Å². The van der Waals surface area contributed by atoms with Gasteiger partial charge in [-0.05, 0) is 62.1 Å². The average molecular weight is 257 g/mol. The number of benzene rings is 1. The molecule has 0 spiro atoms. The van der Waals surface area contributed by atoms with Gasteiger partial charge in [0.25, 0.3) is 0 Å². The van der Waals surface area contributed by atoms with E-state index in [2.05, 4.69) is 31.0 Å². The Kier molecular flexibility index (Phi) is 3.42. The Hall–Kier alpha value is -2.10. The van der Waals surface area contributed by atoms with Crippen LogP contribution in [0.15, 0.2) is 12.1 Å². The number of ether oxygens (including phenoxy) is 1. The summed E-state index contributed by atoms with van der Waals surface area (Å²) in [6.07, 6.45) is 0. The van der Waals surface area contributed by atoms with Crippen LogP contribution in [-0.4, -0.2) is 17.3 Å². The smallest absolute Gasteiger partial charge is 0.149 e. The van der Waals surface area contributed by atoms with Crippen molar-refractivity contribution in [2.45, 2.75) is 27.7 Å². The van der Waals surface area contributed by atoms with Crippen molar-refractivity contribution in [3.8, 4) is 17.0 Å². The summed E-state index contributed by atoms with van der Waals surface area (Å²) in [5.74, 6) is 1.38. The van der Waals surface area contributed by atoms with Gasteiger partial charge in [0.2, 0.25) is 0 Å². The molecule has 2 aromatic rings. The molecule has 4 heteroatoms. The Morgan fingerprint density at radius 2 is 1.63 bits per heavy atom. The molecular formula is C15H19N3O. The fourth-order valence-electron chi connectivity index (χ4n) is 2.27. The van der Waals surface area contributed by atoms with Crippen LogP contribution in [0.4, 0.5) is 5.82 Å². The first-order valence-electron chi connectivity index (χ1n) is 6.20. The number of hydrogen-bond donors (Lipinski definition) is 1. The summed E-state index contributed by atoms with van der Waals surface area (Å²) in [4.78, 5) is 0. The van der Waals surface area contributed by atoms with Gasteiger partial charge >= 0.3 is 0 Å².